The average molecular weight is 312 g/mol. The highest BCUT2D eigenvalue weighted by molar-refractivity contribution is 5.73. The summed E-state index contributed by atoms with van der Waals surface area (Å²) in [5.41, 5.74) is 0.155. The molecule has 8 heteroatoms. The normalized spacial score (nSPS) is 9.73. The maximum atomic E-state index is 11.3. The number of benzene rings is 1. The van der Waals surface area contributed by atoms with Crippen LogP contribution in [0.25, 0.3) is 0 Å². The number of carbonyl (C=O) groups excluding carboxylic acids is 2. The molecule has 0 fully saturated rings. The van der Waals surface area contributed by atoms with Crippen molar-refractivity contribution < 1.29 is 38.4 Å². The molecule has 0 saturated carbocycles. The second-order valence-corrected chi connectivity index (χ2v) is 3.91. The second-order valence-electron chi connectivity index (χ2n) is 3.91. The average Bonchev–Trinajstić information content (AvgIpc) is 2.41. The highest BCUT2D eigenvalue weighted by Gasteiger charge is 2.15. The van der Waals surface area contributed by atoms with Gasteiger partial charge in [0.2, 0.25) is 0 Å². The summed E-state index contributed by atoms with van der Waals surface area (Å²) in [5.74, 6) is -1.05. The fraction of sp³-hybridized carbons (Fsp3) is 0.357. The van der Waals surface area contributed by atoms with Crippen molar-refractivity contribution >= 4 is 18.3 Å². The fourth-order valence-corrected chi connectivity index (χ4v) is 1.50. The molecule has 0 unspecified atom stereocenters. The molecule has 0 aliphatic heterocycles. The van der Waals surface area contributed by atoms with Crippen molar-refractivity contribution in [2.24, 2.45) is 0 Å². The first-order valence-electron chi connectivity index (χ1n) is 6.50. The van der Waals surface area contributed by atoms with E-state index in [9.17, 15) is 14.4 Å². The van der Waals surface area contributed by atoms with Crippen LogP contribution >= 0.6 is 0 Å². The van der Waals surface area contributed by atoms with Crippen molar-refractivity contribution in [3.63, 3.8) is 0 Å². The summed E-state index contributed by atoms with van der Waals surface area (Å²) in [4.78, 5) is 33.4. The Bertz CT molecular complexity index is 552. The van der Waals surface area contributed by atoms with Gasteiger partial charge >= 0.3 is 18.3 Å². The van der Waals surface area contributed by atoms with Crippen LogP contribution in [0.15, 0.2) is 18.2 Å². The number of carboxylic acids is 1. The van der Waals surface area contributed by atoms with Gasteiger partial charge in [-0.2, -0.15) is 0 Å². The van der Waals surface area contributed by atoms with Crippen LogP contribution in [0.2, 0.25) is 0 Å². The predicted molar refractivity (Wildman–Crippen MR) is 73.1 cm³/mol. The minimum atomic E-state index is -1.14. The van der Waals surface area contributed by atoms with E-state index in [1.165, 1.54) is 18.2 Å². The summed E-state index contributed by atoms with van der Waals surface area (Å²) in [6, 6.07) is 3.93. The Morgan fingerprint density at radius 2 is 1.59 bits per heavy atom. The van der Waals surface area contributed by atoms with E-state index < -0.39 is 24.7 Å². The molecule has 1 aromatic carbocycles. The highest BCUT2D eigenvalue weighted by Crippen LogP contribution is 2.25. The number of rotatable bonds is 6. The molecule has 0 amide bonds. The molecule has 22 heavy (non-hydrogen) atoms. The van der Waals surface area contributed by atoms with Crippen LogP contribution in [0.3, 0.4) is 0 Å². The third-order valence-corrected chi connectivity index (χ3v) is 2.29. The molecule has 0 heterocycles. The Labute approximate surface area is 126 Å². The van der Waals surface area contributed by atoms with Crippen LogP contribution in [-0.4, -0.2) is 36.6 Å². The Morgan fingerprint density at radius 1 is 1.00 bits per heavy atom. The standard InChI is InChI=1S/C14H16O8/c1-3-19-13(17)21-10-5-6-11(22-14(18)20-4-2)9(7-10)8-12(15)16/h5-7H,3-4,8H2,1-2H3,(H,15,16). The summed E-state index contributed by atoms with van der Waals surface area (Å²) in [6.45, 7) is 3.49. The van der Waals surface area contributed by atoms with Gasteiger partial charge < -0.3 is 24.1 Å². The molecule has 0 aromatic heterocycles. The zero-order valence-corrected chi connectivity index (χ0v) is 12.2. The van der Waals surface area contributed by atoms with Gasteiger partial charge in [0.25, 0.3) is 0 Å². The minimum Gasteiger partial charge on any atom is -0.481 e. The van der Waals surface area contributed by atoms with Gasteiger partial charge in [-0.25, -0.2) is 9.59 Å². The first-order valence-corrected chi connectivity index (χ1v) is 6.50. The molecule has 0 saturated heterocycles. The Morgan fingerprint density at radius 3 is 2.14 bits per heavy atom. The van der Waals surface area contributed by atoms with Crippen molar-refractivity contribution in [3.8, 4) is 11.5 Å². The molecule has 0 spiro atoms. The fourth-order valence-electron chi connectivity index (χ4n) is 1.50. The lowest BCUT2D eigenvalue weighted by atomic mass is 10.1. The predicted octanol–water partition coefficient (Wildman–Crippen LogP) is 2.38. The summed E-state index contributed by atoms with van der Waals surface area (Å²) in [5, 5.41) is 8.88. The summed E-state index contributed by atoms with van der Waals surface area (Å²) < 4.78 is 19.0. The Balaban J connectivity index is 2.94. The number of aliphatic carboxylic acids is 1. The van der Waals surface area contributed by atoms with Crippen LogP contribution in [-0.2, 0) is 20.7 Å². The second kappa shape index (κ2) is 8.50. The van der Waals surface area contributed by atoms with Gasteiger partial charge in [-0.05, 0) is 32.0 Å². The van der Waals surface area contributed by atoms with Crippen molar-refractivity contribution in [1.82, 2.24) is 0 Å². The maximum Gasteiger partial charge on any atom is 0.513 e. The number of ether oxygens (including phenoxy) is 4. The molecular formula is C14H16O8. The van der Waals surface area contributed by atoms with E-state index >= 15 is 0 Å². The van der Waals surface area contributed by atoms with Gasteiger partial charge in [0.15, 0.2) is 0 Å². The third-order valence-electron chi connectivity index (χ3n) is 2.29. The van der Waals surface area contributed by atoms with Crippen LogP contribution in [0, 0.1) is 0 Å². The SMILES string of the molecule is CCOC(=O)Oc1ccc(OC(=O)OCC)c(CC(=O)O)c1. The number of hydrogen-bond donors (Lipinski definition) is 1. The molecule has 0 atom stereocenters. The molecule has 0 aliphatic carbocycles. The van der Waals surface area contributed by atoms with E-state index in [-0.39, 0.29) is 30.3 Å². The Kier molecular flexibility index (Phi) is 6.68. The monoisotopic (exact) mass is 312 g/mol. The molecule has 0 radical (unpaired) electrons. The topological polar surface area (TPSA) is 108 Å². The number of carbonyl (C=O) groups is 3. The van der Waals surface area contributed by atoms with Crippen LogP contribution < -0.4 is 9.47 Å². The zero-order chi connectivity index (χ0) is 16.5. The molecule has 1 rings (SSSR count). The molecular weight excluding hydrogens is 296 g/mol. The number of carboxylic acid groups (broad SMARTS) is 1. The van der Waals surface area contributed by atoms with Gasteiger partial charge in [-0.15, -0.1) is 0 Å². The van der Waals surface area contributed by atoms with E-state index in [2.05, 4.69) is 9.47 Å². The van der Waals surface area contributed by atoms with Gasteiger partial charge in [0.1, 0.15) is 11.5 Å². The van der Waals surface area contributed by atoms with E-state index in [0.717, 1.165) is 0 Å². The summed E-state index contributed by atoms with van der Waals surface area (Å²) >= 11 is 0. The first-order chi connectivity index (χ1) is 10.5. The quantitative estimate of drug-likeness (QED) is 0.630. The smallest absolute Gasteiger partial charge is 0.481 e. The molecule has 8 nitrogen and oxygen atoms in total. The van der Waals surface area contributed by atoms with E-state index in [1.807, 2.05) is 0 Å². The molecule has 1 N–H and O–H groups in total. The molecule has 0 aliphatic rings. The highest BCUT2D eigenvalue weighted by atomic mass is 16.7. The number of hydrogen-bond acceptors (Lipinski definition) is 7. The zero-order valence-electron chi connectivity index (χ0n) is 12.2. The molecule has 120 valence electrons. The minimum absolute atomic E-state index is 0.0112. The maximum absolute atomic E-state index is 11.3. The summed E-state index contributed by atoms with van der Waals surface area (Å²) in [6.07, 6.45) is -2.29. The van der Waals surface area contributed by atoms with E-state index in [1.54, 1.807) is 13.8 Å². The first kappa shape index (κ1) is 17.3. The van der Waals surface area contributed by atoms with Crippen molar-refractivity contribution in [2.45, 2.75) is 20.3 Å². The van der Waals surface area contributed by atoms with Crippen molar-refractivity contribution in [2.75, 3.05) is 13.2 Å². The van der Waals surface area contributed by atoms with E-state index in [0.29, 0.717) is 0 Å². The molecule has 0 bridgehead atoms. The van der Waals surface area contributed by atoms with Crippen LogP contribution in [0.5, 0.6) is 11.5 Å². The lowest BCUT2D eigenvalue weighted by molar-refractivity contribution is -0.136. The van der Waals surface area contributed by atoms with Crippen molar-refractivity contribution in [3.05, 3.63) is 23.8 Å². The van der Waals surface area contributed by atoms with Crippen LogP contribution in [0.4, 0.5) is 9.59 Å². The molecule has 1 aromatic rings. The van der Waals surface area contributed by atoms with Gasteiger partial charge in [-0.1, -0.05) is 0 Å². The lowest BCUT2D eigenvalue weighted by Crippen LogP contribution is -2.13. The third kappa shape index (κ3) is 5.70. The van der Waals surface area contributed by atoms with Gasteiger partial charge in [-0.3, -0.25) is 4.79 Å². The lowest BCUT2D eigenvalue weighted by Gasteiger charge is -2.10. The van der Waals surface area contributed by atoms with Gasteiger partial charge in [0, 0.05) is 5.56 Å². The van der Waals surface area contributed by atoms with E-state index in [4.69, 9.17) is 14.6 Å². The van der Waals surface area contributed by atoms with Crippen molar-refractivity contribution in [1.29, 1.82) is 0 Å². The summed E-state index contributed by atoms with van der Waals surface area (Å²) in [7, 11) is 0. The Hall–Kier alpha value is -2.77. The largest absolute Gasteiger partial charge is 0.513 e. The van der Waals surface area contributed by atoms with Gasteiger partial charge in [0.05, 0.1) is 19.6 Å². The van der Waals surface area contributed by atoms with Crippen LogP contribution in [0.1, 0.15) is 19.4 Å².